The Morgan fingerprint density at radius 2 is 1.53 bits per heavy atom. The van der Waals surface area contributed by atoms with Gasteiger partial charge in [0, 0.05) is 12.0 Å². The van der Waals surface area contributed by atoms with Gasteiger partial charge in [-0.05, 0) is 58.1 Å². The summed E-state index contributed by atoms with van der Waals surface area (Å²) in [6.07, 6.45) is 0.537. The summed E-state index contributed by atoms with van der Waals surface area (Å²) in [6.45, 7) is 0.206. The van der Waals surface area contributed by atoms with Gasteiger partial charge in [0.05, 0.1) is 11.1 Å². The number of hydrogen-bond donors (Lipinski definition) is 2. The van der Waals surface area contributed by atoms with Gasteiger partial charge in [-0.1, -0.05) is 60.7 Å². The number of carbonyl (C=O) groups is 1. The molecule has 1 aliphatic heterocycles. The fraction of sp³-hybridized carbons (Fsp3) is 0.0690. The lowest BCUT2D eigenvalue weighted by atomic mass is 9.94. The molecule has 34 heavy (non-hydrogen) atoms. The minimum Gasteiger partial charge on any atom is -0.507 e. The van der Waals surface area contributed by atoms with Crippen molar-refractivity contribution in [2.45, 2.75) is 6.42 Å². The van der Waals surface area contributed by atoms with Gasteiger partial charge in [0.15, 0.2) is 0 Å². The van der Waals surface area contributed by atoms with Crippen molar-refractivity contribution >= 4 is 11.7 Å². The zero-order valence-electron chi connectivity index (χ0n) is 18.2. The third-order valence-corrected chi connectivity index (χ3v) is 5.98. The van der Waals surface area contributed by atoms with Crippen molar-refractivity contribution in [3.63, 3.8) is 0 Å². The highest BCUT2D eigenvalue weighted by molar-refractivity contribution is 5.96. The number of aliphatic hydroxyl groups excluding tert-OH is 1. The summed E-state index contributed by atoms with van der Waals surface area (Å²) >= 11 is 0. The molecular formula is C29H21FO4. The number of ether oxygens (including phenoxy) is 1. The molecule has 0 amide bonds. The number of benzene rings is 4. The van der Waals surface area contributed by atoms with E-state index in [4.69, 9.17) is 4.74 Å². The van der Waals surface area contributed by atoms with Crippen LogP contribution in [0.2, 0.25) is 0 Å². The molecule has 4 aromatic rings. The second kappa shape index (κ2) is 8.87. The molecule has 5 rings (SSSR count). The lowest BCUT2D eigenvalue weighted by Gasteiger charge is -2.22. The van der Waals surface area contributed by atoms with Crippen molar-refractivity contribution < 1.29 is 24.1 Å². The summed E-state index contributed by atoms with van der Waals surface area (Å²) in [5, 5.41) is 20.4. The smallest absolute Gasteiger partial charge is 0.336 e. The zero-order valence-corrected chi connectivity index (χ0v) is 18.2. The lowest BCUT2D eigenvalue weighted by Crippen LogP contribution is -2.13. The van der Waals surface area contributed by atoms with Crippen molar-refractivity contribution in [3.8, 4) is 28.0 Å². The minimum atomic E-state index is -1.14. The predicted octanol–water partition coefficient (Wildman–Crippen LogP) is 6.76. The Balaban J connectivity index is 1.42. The van der Waals surface area contributed by atoms with E-state index in [1.807, 2.05) is 30.3 Å². The Hall–Kier alpha value is -4.38. The van der Waals surface area contributed by atoms with Crippen LogP contribution in [0.1, 0.15) is 21.5 Å². The van der Waals surface area contributed by atoms with Crippen LogP contribution in [0, 0.1) is 5.82 Å². The maximum absolute atomic E-state index is 13.8. The summed E-state index contributed by atoms with van der Waals surface area (Å²) < 4.78 is 19.7. The van der Waals surface area contributed by atoms with Gasteiger partial charge in [-0.25, -0.2) is 9.18 Å². The summed E-state index contributed by atoms with van der Waals surface area (Å²) in [6, 6.07) is 26.8. The molecule has 2 N–H and O–H groups in total. The molecule has 0 atom stereocenters. The van der Waals surface area contributed by atoms with E-state index in [2.05, 4.69) is 24.3 Å². The Labute approximate surface area is 196 Å². The molecule has 0 radical (unpaired) electrons. The molecule has 0 spiro atoms. The SMILES string of the molecule is O=C(O)c1ccc(F)cc1-c1ccc2c(c1)OCC(Cc1ccc(-c3ccccc3)cc1)=C2O. The minimum absolute atomic E-state index is 0.00318. The second-order valence-corrected chi connectivity index (χ2v) is 8.19. The average Bonchev–Trinajstić information content (AvgIpc) is 2.86. The van der Waals surface area contributed by atoms with Crippen LogP contribution >= 0.6 is 0 Å². The summed E-state index contributed by atoms with van der Waals surface area (Å²) in [4.78, 5) is 11.6. The van der Waals surface area contributed by atoms with Crippen LogP contribution in [0.4, 0.5) is 4.39 Å². The molecule has 0 aliphatic carbocycles. The Bertz CT molecular complexity index is 1410. The highest BCUT2D eigenvalue weighted by atomic mass is 19.1. The van der Waals surface area contributed by atoms with Crippen LogP contribution in [-0.4, -0.2) is 22.8 Å². The van der Waals surface area contributed by atoms with Crippen molar-refractivity contribution in [3.05, 3.63) is 119 Å². The van der Waals surface area contributed by atoms with Gasteiger partial charge < -0.3 is 14.9 Å². The van der Waals surface area contributed by atoms with Gasteiger partial charge in [0.2, 0.25) is 0 Å². The molecule has 1 aliphatic rings. The largest absolute Gasteiger partial charge is 0.507 e. The molecule has 4 nitrogen and oxygen atoms in total. The van der Waals surface area contributed by atoms with Gasteiger partial charge in [-0.3, -0.25) is 0 Å². The third kappa shape index (κ3) is 4.16. The fourth-order valence-electron chi connectivity index (χ4n) is 4.20. The van der Waals surface area contributed by atoms with Gasteiger partial charge >= 0.3 is 5.97 Å². The van der Waals surface area contributed by atoms with Gasteiger partial charge in [0.25, 0.3) is 0 Å². The van der Waals surface area contributed by atoms with Crippen LogP contribution in [0.3, 0.4) is 0 Å². The third-order valence-electron chi connectivity index (χ3n) is 5.98. The first-order valence-corrected chi connectivity index (χ1v) is 10.9. The van der Waals surface area contributed by atoms with Crippen LogP contribution < -0.4 is 4.74 Å². The number of fused-ring (bicyclic) bond motifs is 1. The van der Waals surface area contributed by atoms with Gasteiger partial charge in [-0.2, -0.15) is 0 Å². The van der Waals surface area contributed by atoms with Crippen molar-refractivity contribution in [1.29, 1.82) is 0 Å². The highest BCUT2D eigenvalue weighted by Crippen LogP contribution is 2.37. The molecule has 0 unspecified atom stereocenters. The Kier molecular flexibility index (Phi) is 5.60. The van der Waals surface area contributed by atoms with E-state index >= 15 is 0 Å². The highest BCUT2D eigenvalue weighted by Gasteiger charge is 2.22. The number of rotatable bonds is 5. The quantitative estimate of drug-likeness (QED) is 0.351. The van der Waals surface area contributed by atoms with E-state index < -0.39 is 11.8 Å². The summed E-state index contributed by atoms with van der Waals surface area (Å²) in [5.74, 6) is -1.09. The maximum Gasteiger partial charge on any atom is 0.336 e. The number of carboxylic acid groups (broad SMARTS) is 1. The van der Waals surface area contributed by atoms with E-state index in [1.165, 1.54) is 12.1 Å². The predicted molar refractivity (Wildman–Crippen MR) is 129 cm³/mol. The number of hydrogen-bond acceptors (Lipinski definition) is 3. The van der Waals surface area contributed by atoms with E-state index in [1.54, 1.807) is 18.2 Å². The zero-order chi connectivity index (χ0) is 23.7. The van der Waals surface area contributed by atoms with Crippen LogP contribution in [-0.2, 0) is 6.42 Å². The molecule has 168 valence electrons. The first-order valence-electron chi connectivity index (χ1n) is 10.9. The fourth-order valence-corrected chi connectivity index (χ4v) is 4.20. The van der Waals surface area contributed by atoms with Crippen molar-refractivity contribution in [2.75, 3.05) is 6.61 Å². The average molecular weight is 452 g/mol. The van der Waals surface area contributed by atoms with Crippen LogP contribution in [0.5, 0.6) is 5.75 Å². The lowest BCUT2D eigenvalue weighted by molar-refractivity contribution is 0.0697. The first kappa shape index (κ1) is 21.5. The molecule has 0 saturated carbocycles. The van der Waals surface area contributed by atoms with Crippen molar-refractivity contribution in [2.24, 2.45) is 0 Å². The molecule has 1 heterocycles. The topological polar surface area (TPSA) is 66.8 Å². The van der Waals surface area contributed by atoms with E-state index in [0.717, 1.165) is 28.3 Å². The number of aliphatic hydroxyl groups is 1. The molecule has 4 aromatic carbocycles. The molecule has 0 aromatic heterocycles. The molecule has 0 fully saturated rings. The van der Waals surface area contributed by atoms with E-state index in [9.17, 15) is 19.4 Å². The van der Waals surface area contributed by atoms with Gasteiger partial charge in [0.1, 0.15) is 23.9 Å². The summed E-state index contributed by atoms with van der Waals surface area (Å²) in [7, 11) is 0. The Morgan fingerprint density at radius 3 is 2.26 bits per heavy atom. The number of carboxylic acids is 1. The molecular weight excluding hydrogens is 431 g/mol. The normalized spacial score (nSPS) is 12.7. The van der Waals surface area contributed by atoms with E-state index in [-0.39, 0.29) is 23.5 Å². The van der Waals surface area contributed by atoms with Gasteiger partial charge in [-0.15, -0.1) is 0 Å². The maximum atomic E-state index is 13.8. The van der Waals surface area contributed by atoms with Crippen LogP contribution in [0.15, 0.2) is 96.6 Å². The molecule has 0 bridgehead atoms. The standard InChI is InChI=1S/C29H21FO4/c30-23-11-13-24(29(32)33)26(16-23)21-10-12-25-27(15-21)34-17-22(28(25)31)14-18-6-8-20(9-7-18)19-4-2-1-3-5-19/h1-13,15-16,31H,14,17H2,(H,32,33). The van der Waals surface area contributed by atoms with Crippen LogP contribution in [0.25, 0.3) is 28.0 Å². The first-order chi connectivity index (χ1) is 16.5. The monoisotopic (exact) mass is 452 g/mol. The molecule has 5 heteroatoms. The molecule has 0 saturated heterocycles. The second-order valence-electron chi connectivity index (χ2n) is 8.19. The Morgan fingerprint density at radius 1 is 0.824 bits per heavy atom. The number of halogens is 1. The summed E-state index contributed by atoms with van der Waals surface area (Å²) in [5.41, 5.74) is 5.36. The number of aromatic carboxylic acids is 1. The van der Waals surface area contributed by atoms with Crippen molar-refractivity contribution in [1.82, 2.24) is 0 Å². The van der Waals surface area contributed by atoms with E-state index in [0.29, 0.717) is 23.3 Å².